The van der Waals surface area contributed by atoms with E-state index in [2.05, 4.69) is 41.9 Å². The van der Waals surface area contributed by atoms with E-state index >= 15 is 0 Å². The summed E-state index contributed by atoms with van der Waals surface area (Å²) < 4.78 is 34.6. The summed E-state index contributed by atoms with van der Waals surface area (Å²) in [6.45, 7) is 18.4. The summed E-state index contributed by atoms with van der Waals surface area (Å²) in [5.74, 6) is -5.01. The molecule has 3 aromatic carbocycles. The molecule has 10 N–H and O–H groups in total. The van der Waals surface area contributed by atoms with Gasteiger partial charge in [0.25, 0.3) is 17.7 Å². The van der Waals surface area contributed by atoms with Crippen LogP contribution in [0.2, 0.25) is 0 Å². The maximum atomic E-state index is 14.4. The number of anilines is 1. The second-order valence-electron chi connectivity index (χ2n) is 25.8. The van der Waals surface area contributed by atoms with Crippen molar-refractivity contribution in [1.82, 2.24) is 46.4 Å². The number of unbranched alkanes of at least 4 members (excludes halogenated alkanes) is 2. The van der Waals surface area contributed by atoms with Gasteiger partial charge in [0.2, 0.25) is 39.6 Å². The molecule has 1 fully saturated rings. The fraction of sp³-hybridized carbons (Fsp3) is 0.515. The molecule has 0 bridgehead atoms. The van der Waals surface area contributed by atoms with Gasteiger partial charge < -0.3 is 52.6 Å². The van der Waals surface area contributed by atoms with Gasteiger partial charge in [0, 0.05) is 55.4 Å². The summed E-state index contributed by atoms with van der Waals surface area (Å²) in [7, 11) is -0.929. The number of nitrogens with one attached hydrogen (secondary N) is 8. The van der Waals surface area contributed by atoms with Crippen molar-refractivity contribution in [3.63, 3.8) is 0 Å². The fourth-order valence-corrected chi connectivity index (χ4v) is 11.8. The molecule has 24 nitrogen and oxygen atoms in total. The maximum absolute atomic E-state index is 14.4. The normalized spacial score (nSPS) is 15.6. The topological polar surface area (TPSA) is 343 Å². The molecule has 91 heavy (non-hydrogen) atoms. The minimum atomic E-state index is -4.23. The van der Waals surface area contributed by atoms with Crippen LogP contribution in [0.4, 0.5) is 15.3 Å². The van der Waals surface area contributed by atoms with Crippen molar-refractivity contribution < 1.29 is 61.1 Å². The number of likely N-dealkylation sites (N-methyl/N-ethyl adjacent to an activating group) is 2. The van der Waals surface area contributed by atoms with Crippen LogP contribution in [0.1, 0.15) is 143 Å². The summed E-state index contributed by atoms with van der Waals surface area (Å²) in [4.78, 5) is 133. The zero-order valence-electron chi connectivity index (χ0n) is 54.5. The van der Waals surface area contributed by atoms with Crippen LogP contribution in [0.3, 0.4) is 0 Å². The van der Waals surface area contributed by atoms with Crippen LogP contribution in [0.15, 0.2) is 103 Å². The van der Waals surface area contributed by atoms with E-state index in [-0.39, 0.29) is 85.9 Å². The van der Waals surface area contributed by atoms with Crippen molar-refractivity contribution in [2.45, 2.75) is 174 Å². The highest BCUT2D eigenvalue weighted by atomic mass is 32.2. The van der Waals surface area contributed by atoms with Crippen LogP contribution in [0.25, 0.3) is 0 Å². The molecule has 1 saturated carbocycles. The van der Waals surface area contributed by atoms with Crippen molar-refractivity contribution in [1.29, 1.82) is 0 Å². The van der Waals surface area contributed by atoms with Crippen molar-refractivity contribution in [2.24, 2.45) is 23.0 Å². The number of hydrogen-bond acceptors (Lipinski definition) is 14. The summed E-state index contributed by atoms with van der Waals surface area (Å²) in [6.07, 6.45) is 6.46. The second kappa shape index (κ2) is 32.5. The van der Waals surface area contributed by atoms with Gasteiger partial charge in [-0.05, 0) is 104 Å². The minimum Gasteiger partial charge on any atom is -0.445 e. The molecule has 0 saturated heterocycles. The third-order valence-electron chi connectivity index (χ3n) is 16.3. The number of amides is 11. The monoisotopic (exact) mass is 1280 g/mol. The molecule has 0 aromatic heterocycles. The molecule has 0 spiro atoms. The van der Waals surface area contributed by atoms with Crippen LogP contribution < -0.4 is 47.7 Å². The van der Waals surface area contributed by atoms with Crippen molar-refractivity contribution in [3.05, 3.63) is 125 Å². The molecule has 1 heterocycles. The Kier molecular flexibility index (Phi) is 26.2. The molecule has 11 amide bonds. The number of carbonyl (C=O) groups is 10. The molecule has 0 unspecified atom stereocenters. The number of benzene rings is 3. The van der Waals surface area contributed by atoms with Crippen LogP contribution in [-0.2, 0) is 76.4 Å². The molecule has 5 rings (SSSR count). The average molecular weight is 1280 g/mol. The smallest absolute Gasteiger partial charge is 0.408 e. The Morgan fingerprint density at radius 2 is 1.36 bits per heavy atom. The van der Waals surface area contributed by atoms with Gasteiger partial charge in [-0.3, -0.25) is 43.3 Å². The number of imide groups is 1. The summed E-state index contributed by atoms with van der Waals surface area (Å²) in [5.41, 5.74) is 6.15. The molecular formula is C66H93N11O13S. The number of nitrogens with two attached hydrogens (primary N) is 1. The highest BCUT2D eigenvalue weighted by molar-refractivity contribution is 7.89. The molecule has 3 aromatic rings. The first-order chi connectivity index (χ1) is 42.7. The van der Waals surface area contributed by atoms with E-state index in [1.165, 1.54) is 24.0 Å². The molecule has 0 radical (unpaired) electrons. The van der Waals surface area contributed by atoms with Gasteiger partial charge >= 0.3 is 12.1 Å². The van der Waals surface area contributed by atoms with Crippen molar-refractivity contribution in [2.75, 3.05) is 32.5 Å². The number of nitrogens with zero attached hydrogens (tertiary/aromatic N) is 2. The summed E-state index contributed by atoms with van der Waals surface area (Å²) in [5, 5.41) is 19.8. The number of rotatable bonds is 33. The lowest BCUT2D eigenvalue weighted by molar-refractivity contribution is -0.141. The first-order valence-electron chi connectivity index (χ1n) is 30.8. The van der Waals surface area contributed by atoms with Gasteiger partial charge in [-0.1, -0.05) is 142 Å². The SMILES string of the molecule is CN[C@H](C(=O)N[C@H](C(=O)N(C)[C@H](/C=C(\C)C(=O)NS(=O)(=O)Cc1ccc(C2(NC(=O)OCc3ccc(NC(=O)[C@@H](CCCNC(N)=O)NC(=O)[C@H](NC(=O)CCCCCN4C(=O)C=CC4=O)C(C)C)cc3)CC2)cc1)C(C)C)C(C)(C)C)C(C)(C)c1ccccc1. The van der Waals surface area contributed by atoms with E-state index in [4.69, 9.17) is 10.5 Å². The van der Waals surface area contributed by atoms with Gasteiger partial charge in [-0.25, -0.2) is 22.7 Å². The van der Waals surface area contributed by atoms with Crippen molar-refractivity contribution in [3.8, 4) is 0 Å². The molecule has 1 aliphatic heterocycles. The molecule has 1 aliphatic carbocycles. The standard InChI is InChI=1S/C66H93N11O13S/c1-41(2)50(76(12)61(85)56(64(6,7)8)73-60(84)55(68-11)65(9,10)46-20-15-13-16-21-46)38-43(5)57(81)75-91(88,89)40-45-24-28-47(29-25-45)66(34-35-66)74-63(87)90-39-44-26-30-48(31-27-44)70-58(82)49(22-19-36-69-62(67)86)71-59(83)54(42(3)4)72-51(78)23-17-14-18-37-77-52(79)32-33-53(77)80/h13,15-16,20-21,24-33,38,41-42,49-50,54-56,68H,14,17-19,22-23,34-37,39-40H2,1-12H3,(H,70,82)(H,71,83)(H,72,78)(H,73,84)(H,74,87)(H,75,81)(H3,67,69,86)/b43-38+/t49-,50-,54-,55-,56-/m1/s1. The average Bonchev–Trinajstić information content (AvgIpc) is 1.68. The van der Waals surface area contributed by atoms with Crippen LogP contribution in [0, 0.1) is 17.3 Å². The van der Waals surface area contributed by atoms with E-state index in [9.17, 15) is 56.4 Å². The van der Waals surface area contributed by atoms with Gasteiger partial charge in [-0.15, -0.1) is 0 Å². The Bertz CT molecular complexity index is 3250. The quantitative estimate of drug-likeness (QED) is 0.0205. The summed E-state index contributed by atoms with van der Waals surface area (Å²) >= 11 is 0. The Morgan fingerprint density at radius 1 is 0.747 bits per heavy atom. The highest BCUT2D eigenvalue weighted by Crippen LogP contribution is 2.45. The number of primary amides is 1. The van der Waals surface area contributed by atoms with E-state index in [0.717, 1.165) is 16.0 Å². The summed E-state index contributed by atoms with van der Waals surface area (Å²) in [6, 6.07) is 17.6. The number of ether oxygens (including phenoxy) is 1. The maximum Gasteiger partial charge on any atom is 0.408 e. The number of alkyl carbamates (subject to hydrolysis) is 1. The van der Waals surface area contributed by atoms with Gasteiger partial charge in [-0.2, -0.15) is 0 Å². The van der Waals surface area contributed by atoms with E-state index in [0.29, 0.717) is 48.9 Å². The lowest BCUT2D eigenvalue weighted by atomic mass is 9.76. The number of urea groups is 1. The molecule has 25 heteroatoms. The third kappa shape index (κ3) is 21.6. The molecule has 5 atom stereocenters. The Hall–Kier alpha value is -8.45. The Morgan fingerprint density at radius 3 is 1.92 bits per heavy atom. The molecule has 496 valence electrons. The van der Waals surface area contributed by atoms with Crippen LogP contribution >= 0.6 is 0 Å². The van der Waals surface area contributed by atoms with E-state index < -0.39 is 92.2 Å². The minimum absolute atomic E-state index is 0.0676. The van der Waals surface area contributed by atoms with Crippen LogP contribution in [-0.4, -0.2) is 135 Å². The van der Waals surface area contributed by atoms with Gasteiger partial charge in [0.05, 0.1) is 23.4 Å². The second-order valence-corrected chi connectivity index (χ2v) is 27.5. The van der Waals surface area contributed by atoms with E-state index in [1.807, 2.05) is 78.8 Å². The lowest BCUT2D eigenvalue weighted by Gasteiger charge is -2.40. The van der Waals surface area contributed by atoms with Crippen molar-refractivity contribution >= 4 is 75.1 Å². The molecule has 2 aliphatic rings. The Balaban J connectivity index is 1.11. The third-order valence-corrected chi connectivity index (χ3v) is 17.5. The van der Waals surface area contributed by atoms with Gasteiger partial charge in [0.1, 0.15) is 24.7 Å². The predicted octanol–water partition coefficient (Wildman–Crippen LogP) is 5.57. The zero-order valence-corrected chi connectivity index (χ0v) is 55.3. The first-order valence-corrected chi connectivity index (χ1v) is 32.5. The van der Waals surface area contributed by atoms with Gasteiger partial charge in [0.15, 0.2) is 0 Å². The number of hydrogen-bond donors (Lipinski definition) is 9. The zero-order chi connectivity index (χ0) is 67.6. The number of carbonyl (C=O) groups excluding carboxylic acids is 10. The lowest BCUT2D eigenvalue weighted by Crippen LogP contribution is -2.61. The van der Waals surface area contributed by atoms with Crippen LogP contribution in [0.5, 0.6) is 0 Å². The largest absolute Gasteiger partial charge is 0.445 e. The fourth-order valence-electron chi connectivity index (χ4n) is 10.7. The van der Waals surface area contributed by atoms with E-state index in [1.54, 1.807) is 82.5 Å². The first kappa shape index (κ1) is 73.3. The Labute approximate surface area is 534 Å². The molecular weight excluding hydrogens is 1190 g/mol. The highest BCUT2D eigenvalue weighted by Gasteiger charge is 2.46. The number of sulfonamides is 1. The predicted molar refractivity (Wildman–Crippen MR) is 345 cm³/mol.